The number of amides is 1. The van der Waals surface area contributed by atoms with E-state index in [4.69, 9.17) is 4.74 Å². The molecule has 0 saturated heterocycles. The number of methoxy groups -OCH3 is 1. The van der Waals surface area contributed by atoms with Crippen LogP contribution >= 0.6 is 34.9 Å². The molecule has 1 heterocycles. The molecular formula is C20H20N4O3S3. The molecular weight excluding hydrogens is 440 g/mol. The van der Waals surface area contributed by atoms with Crippen LogP contribution < -0.4 is 10.2 Å². The Kier molecular flexibility index (Phi) is 8.12. The molecule has 30 heavy (non-hydrogen) atoms. The van der Waals surface area contributed by atoms with Crippen molar-refractivity contribution in [2.75, 3.05) is 12.9 Å². The molecule has 3 rings (SSSR count). The number of aromatic hydroxyl groups is 1. The first-order chi connectivity index (χ1) is 14.5. The highest BCUT2D eigenvalue weighted by Crippen LogP contribution is 2.30. The van der Waals surface area contributed by atoms with Crippen LogP contribution in [0.15, 0.2) is 62.3 Å². The number of phenolic OH excluding ortho intramolecular Hbond substituents is 1. The SMILES string of the molecule is COc1cc(C(C)=NNC(=O)CSc2nnc(SCc3ccccc3)s2)ccc1O. The maximum absolute atomic E-state index is 12.1. The number of phenols is 1. The lowest BCUT2D eigenvalue weighted by molar-refractivity contribution is -0.118. The third-order valence-corrected chi connectivity index (χ3v) is 7.13. The molecule has 0 saturated carbocycles. The maximum atomic E-state index is 12.1. The third kappa shape index (κ3) is 6.48. The number of thioether (sulfide) groups is 2. The minimum absolute atomic E-state index is 0.0489. The summed E-state index contributed by atoms with van der Waals surface area (Å²) in [4.78, 5) is 12.1. The Hall–Kier alpha value is -2.56. The van der Waals surface area contributed by atoms with Gasteiger partial charge in [0.1, 0.15) is 0 Å². The molecule has 1 aromatic heterocycles. The zero-order chi connectivity index (χ0) is 21.3. The van der Waals surface area contributed by atoms with Gasteiger partial charge in [0.25, 0.3) is 5.91 Å². The van der Waals surface area contributed by atoms with E-state index in [2.05, 4.69) is 32.9 Å². The second-order valence-corrected chi connectivity index (χ2v) is 9.44. The predicted molar refractivity (Wildman–Crippen MR) is 122 cm³/mol. The van der Waals surface area contributed by atoms with Gasteiger partial charge in [0.05, 0.1) is 18.6 Å². The predicted octanol–water partition coefficient (Wildman–Crippen LogP) is 4.18. The number of hydrazone groups is 1. The molecule has 156 valence electrons. The second-order valence-electron chi connectivity index (χ2n) is 6.02. The first kappa shape index (κ1) is 22.1. The van der Waals surface area contributed by atoms with Crippen LogP contribution in [0, 0.1) is 0 Å². The molecule has 0 fully saturated rings. The summed E-state index contributed by atoms with van der Waals surface area (Å²) in [6, 6.07) is 15.0. The molecule has 0 spiro atoms. The van der Waals surface area contributed by atoms with E-state index in [-0.39, 0.29) is 17.4 Å². The highest BCUT2D eigenvalue weighted by atomic mass is 32.2. The molecule has 0 aliphatic heterocycles. The van der Waals surface area contributed by atoms with Gasteiger partial charge >= 0.3 is 0 Å². The first-order valence-electron chi connectivity index (χ1n) is 8.88. The molecule has 2 aromatic carbocycles. The first-order valence-corrected chi connectivity index (χ1v) is 11.7. The van der Waals surface area contributed by atoms with E-state index >= 15 is 0 Å². The fourth-order valence-electron chi connectivity index (χ4n) is 2.31. The number of hydrogen-bond acceptors (Lipinski definition) is 9. The monoisotopic (exact) mass is 460 g/mol. The fourth-order valence-corrected chi connectivity index (χ4v) is 5.07. The highest BCUT2D eigenvalue weighted by Gasteiger charge is 2.10. The number of rotatable bonds is 9. The van der Waals surface area contributed by atoms with E-state index in [1.165, 1.54) is 41.8 Å². The summed E-state index contributed by atoms with van der Waals surface area (Å²) in [5.74, 6) is 1.18. The van der Waals surface area contributed by atoms with Gasteiger partial charge in [-0.3, -0.25) is 4.79 Å². The molecule has 2 N–H and O–H groups in total. The number of nitrogens with one attached hydrogen (secondary N) is 1. The number of hydrogen-bond donors (Lipinski definition) is 2. The lowest BCUT2D eigenvalue weighted by Crippen LogP contribution is -2.21. The summed E-state index contributed by atoms with van der Waals surface area (Å²) in [6.45, 7) is 1.76. The van der Waals surface area contributed by atoms with Crippen LogP contribution in [0.4, 0.5) is 0 Å². The van der Waals surface area contributed by atoms with Crippen molar-refractivity contribution in [1.82, 2.24) is 15.6 Å². The molecule has 10 heteroatoms. The van der Waals surface area contributed by atoms with Crippen molar-refractivity contribution in [3.05, 3.63) is 59.7 Å². The van der Waals surface area contributed by atoms with Crippen molar-refractivity contribution >= 4 is 46.5 Å². The Morgan fingerprint density at radius 3 is 2.63 bits per heavy atom. The molecule has 3 aromatic rings. The van der Waals surface area contributed by atoms with Crippen molar-refractivity contribution in [2.45, 2.75) is 21.4 Å². The molecule has 0 atom stereocenters. The molecule has 0 aliphatic rings. The van der Waals surface area contributed by atoms with Crippen molar-refractivity contribution in [3.63, 3.8) is 0 Å². The van der Waals surface area contributed by atoms with Gasteiger partial charge in [-0.25, -0.2) is 5.43 Å². The van der Waals surface area contributed by atoms with Crippen LogP contribution in [0.5, 0.6) is 11.5 Å². The van der Waals surface area contributed by atoms with Crippen molar-refractivity contribution in [1.29, 1.82) is 0 Å². The molecule has 0 unspecified atom stereocenters. The number of ether oxygens (including phenoxy) is 1. The van der Waals surface area contributed by atoms with E-state index in [0.717, 1.165) is 20.0 Å². The number of benzene rings is 2. The van der Waals surface area contributed by atoms with Crippen molar-refractivity contribution in [3.8, 4) is 11.5 Å². The van der Waals surface area contributed by atoms with Crippen LogP contribution in [-0.2, 0) is 10.5 Å². The summed E-state index contributed by atoms with van der Waals surface area (Å²) in [7, 11) is 1.48. The van der Waals surface area contributed by atoms with Crippen LogP contribution in [0.3, 0.4) is 0 Å². The molecule has 0 aliphatic carbocycles. The second kappa shape index (κ2) is 11.0. The Balaban J connectivity index is 1.46. The van der Waals surface area contributed by atoms with Gasteiger partial charge in [0.2, 0.25) is 0 Å². The smallest absolute Gasteiger partial charge is 0.250 e. The number of aromatic nitrogens is 2. The number of nitrogens with zero attached hydrogens (tertiary/aromatic N) is 3. The number of carbonyl (C=O) groups excluding carboxylic acids is 1. The summed E-state index contributed by atoms with van der Waals surface area (Å²) in [5.41, 5.74) is 5.10. The minimum atomic E-state index is -0.237. The van der Waals surface area contributed by atoms with E-state index in [1.54, 1.807) is 30.8 Å². The van der Waals surface area contributed by atoms with Gasteiger partial charge in [0, 0.05) is 11.3 Å². The highest BCUT2D eigenvalue weighted by molar-refractivity contribution is 8.03. The van der Waals surface area contributed by atoms with Crippen LogP contribution in [0.1, 0.15) is 18.1 Å². The average Bonchev–Trinajstić information content (AvgIpc) is 3.23. The van der Waals surface area contributed by atoms with Gasteiger partial charge in [-0.05, 0) is 30.7 Å². The average molecular weight is 461 g/mol. The van der Waals surface area contributed by atoms with E-state index in [9.17, 15) is 9.90 Å². The molecule has 0 radical (unpaired) electrons. The van der Waals surface area contributed by atoms with Crippen LogP contribution in [-0.4, -0.2) is 39.8 Å². The summed E-state index contributed by atoms with van der Waals surface area (Å²) < 4.78 is 6.70. The Morgan fingerprint density at radius 2 is 1.90 bits per heavy atom. The van der Waals surface area contributed by atoms with Gasteiger partial charge in [0.15, 0.2) is 20.2 Å². The zero-order valence-corrected chi connectivity index (χ0v) is 18.8. The number of carbonyl (C=O) groups is 1. The third-order valence-electron chi connectivity index (χ3n) is 3.87. The van der Waals surface area contributed by atoms with Gasteiger partial charge < -0.3 is 9.84 Å². The lowest BCUT2D eigenvalue weighted by atomic mass is 10.1. The minimum Gasteiger partial charge on any atom is -0.504 e. The zero-order valence-electron chi connectivity index (χ0n) is 16.4. The van der Waals surface area contributed by atoms with E-state index in [0.29, 0.717) is 11.5 Å². The largest absolute Gasteiger partial charge is 0.504 e. The normalized spacial score (nSPS) is 11.3. The van der Waals surface area contributed by atoms with E-state index < -0.39 is 0 Å². The standard InChI is InChI=1S/C20H20N4O3S3/c1-13(15-8-9-16(25)17(10-15)27-2)21-22-18(26)12-29-20-24-23-19(30-20)28-11-14-6-4-3-5-7-14/h3-10,25H,11-12H2,1-2H3,(H,22,26). The molecule has 1 amide bonds. The Morgan fingerprint density at radius 1 is 1.17 bits per heavy atom. The quantitative estimate of drug-likeness (QED) is 0.281. The van der Waals surface area contributed by atoms with Crippen molar-refractivity contribution in [2.24, 2.45) is 5.10 Å². The van der Waals surface area contributed by atoms with Gasteiger partial charge in [-0.2, -0.15) is 5.10 Å². The van der Waals surface area contributed by atoms with E-state index in [1.807, 2.05) is 18.2 Å². The maximum Gasteiger partial charge on any atom is 0.250 e. The van der Waals surface area contributed by atoms with Crippen LogP contribution in [0.2, 0.25) is 0 Å². The topological polar surface area (TPSA) is 96.7 Å². The summed E-state index contributed by atoms with van der Waals surface area (Å²) >= 11 is 4.42. The molecule has 0 bridgehead atoms. The fraction of sp³-hybridized carbons (Fsp3) is 0.200. The van der Waals surface area contributed by atoms with Gasteiger partial charge in [-0.15, -0.1) is 10.2 Å². The molecule has 7 nitrogen and oxygen atoms in total. The summed E-state index contributed by atoms with van der Waals surface area (Å²) in [6.07, 6.45) is 0. The Labute approximate surface area is 187 Å². The summed E-state index contributed by atoms with van der Waals surface area (Å²) in [5, 5.41) is 22.1. The lowest BCUT2D eigenvalue weighted by Gasteiger charge is -2.06. The Bertz CT molecular complexity index is 1030. The van der Waals surface area contributed by atoms with Crippen LogP contribution in [0.25, 0.3) is 0 Å². The van der Waals surface area contributed by atoms with Crippen molar-refractivity contribution < 1.29 is 14.6 Å². The van der Waals surface area contributed by atoms with Gasteiger partial charge in [-0.1, -0.05) is 65.2 Å².